The molecule has 6 rings (SSSR count). The number of allylic oxidation sites excluding steroid dienone is 1. The average molecular weight is 945 g/mol. The summed E-state index contributed by atoms with van der Waals surface area (Å²) in [6.07, 6.45) is 8.14. The van der Waals surface area contributed by atoms with Crippen molar-refractivity contribution < 1.29 is 53.4 Å². The molecule has 3 aromatic carbocycles. The third-order valence-corrected chi connectivity index (χ3v) is 13.3. The lowest BCUT2D eigenvalue weighted by atomic mass is 9.55. The molecule has 0 saturated heterocycles. The molecule has 1 fully saturated rings. The van der Waals surface area contributed by atoms with Crippen LogP contribution in [0.5, 0.6) is 11.5 Å². The fourth-order valence-electron chi connectivity index (χ4n) is 9.50. The van der Waals surface area contributed by atoms with Crippen LogP contribution in [0.2, 0.25) is 0 Å². The van der Waals surface area contributed by atoms with Crippen molar-refractivity contribution in [2.75, 3.05) is 71.8 Å². The summed E-state index contributed by atoms with van der Waals surface area (Å²) in [5.41, 5.74) is 2.95. The number of oxime groups is 1. The number of carbonyl (C=O) groups excluding carboxylic acids is 1. The first-order chi connectivity index (χ1) is 32.6. The van der Waals surface area contributed by atoms with E-state index in [4.69, 9.17) is 38.4 Å². The fourth-order valence-corrected chi connectivity index (χ4v) is 10.3. The smallest absolute Gasteiger partial charge is 0.410 e. The zero-order valence-electron chi connectivity index (χ0n) is 39.6. The van der Waals surface area contributed by atoms with Gasteiger partial charge in [0.15, 0.2) is 0 Å². The first kappa shape index (κ1) is 52.0. The number of amides is 1. The molecule has 14 heteroatoms. The van der Waals surface area contributed by atoms with Gasteiger partial charge >= 0.3 is 6.09 Å². The number of hydrogen-bond donors (Lipinski definition) is 3. The summed E-state index contributed by atoms with van der Waals surface area (Å²) in [6.45, 7) is 11.3. The summed E-state index contributed by atoms with van der Waals surface area (Å²) in [6, 6.07) is 25.2. The second kappa shape index (κ2) is 26.4. The summed E-state index contributed by atoms with van der Waals surface area (Å²) in [4.78, 5) is 23.8. The minimum Gasteiger partial charge on any atom is -0.493 e. The van der Waals surface area contributed by atoms with Gasteiger partial charge in [0.05, 0.1) is 57.9 Å². The summed E-state index contributed by atoms with van der Waals surface area (Å²) < 4.78 is 38.7. The van der Waals surface area contributed by atoms with Crippen LogP contribution in [0.4, 0.5) is 4.79 Å². The van der Waals surface area contributed by atoms with Crippen molar-refractivity contribution in [2.45, 2.75) is 101 Å². The van der Waals surface area contributed by atoms with Crippen molar-refractivity contribution in [1.82, 2.24) is 4.90 Å². The Bertz CT molecular complexity index is 2030. The van der Waals surface area contributed by atoms with Crippen LogP contribution >= 0.6 is 11.8 Å². The number of benzene rings is 3. The topological polar surface area (TPSA) is 158 Å². The molecule has 6 atom stereocenters. The van der Waals surface area contributed by atoms with Crippen molar-refractivity contribution in [3.63, 3.8) is 0 Å². The van der Waals surface area contributed by atoms with E-state index < -0.39 is 29.4 Å². The third-order valence-electron chi connectivity index (χ3n) is 12.3. The Balaban J connectivity index is 1.46. The molecule has 1 saturated carbocycles. The van der Waals surface area contributed by atoms with Crippen LogP contribution in [0.1, 0.15) is 82.8 Å². The fraction of sp³-hybridized carbons (Fsp3) is 0.547. The number of fused-ring (bicyclic) bond motifs is 2. The Morgan fingerprint density at radius 2 is 1.64 bits per heavy atom. The largest absolute Gasteiger partial charge is 0.493 e. The van der Waals surface area contributed by atoms with Gasteiger partial charge < -0.3 is 48.6 Å². The summed E-state index contributed by atoms with van der Waals surface area (Å²) >= 11 is 1.74. The highest BCUT2D eigenvalue weighted by atomic mass is 32.2. The molecule has 3 aliphatic rings. The van der Waals surface area contributed by atoms with Gasteiger partial charge in [-0.1, -0.05) is 78.7 Å². The minimum absolute atomic E-state index is 0.00301. The standard InChI is InChI=1S/C53H72N2O11S/c1-5-28-64-53-48(55(24-29-60-30-27-58)51(59)63-32-31-61-38-39-16-8-6-9-17-39)37-46(54-66-52(2,3)4)44-35-40(18-12-14-25-56)43(21-13-15-26-57)49(50(44)53)45-36-41(22-23-47(45)65-53)62-33-34-67-42-19-10-7-11-20-42/h5-11,16-17,19-20,22-23,35-36,40,43,48-50,56-58H,1,12-15,18,21,24-34,37-38H2,2-4H3. The molecular weight excluding hydrogens is 873 g/mol. The molecule has 1 heterocycles. The van der Waals surface area contributed by atoms with E-state index in [0.29, 0.717) is 37.5 Å². The van der Waals surface area contributed by atoms with E-state index in [9.17, 15) is 20.1 Å². The number of unbranched alkanes of at least 4 members (excludes halogenated alkanes) is 2. The molecule has 1 amide bonds. The Morgan fingerprint density at radius 3 is 2.36 bits per heavy atom. The molecule has 6 unspecified atom stereocenters. The van der Waals surface area contributed by atoms with E-state index in [1.165, 1.54) is 4.90 Å². The van der Waals surface area contributed by atoms with Crippen molar-refractivity contribution in [2.24, 2.45) is 22.9 Å². The number of rotatable bonds is 28. The number of hydrogen-bond acceptors (Lipinski definition) is 13. The third kappa shape index (κ3) is 14.3. The second-order valence-corrected chi connectivity index (χ2v) is 19.3. The Kier molecular flexibility index (Phi) is 20.5. The van der Waals surface area contributed by atoms with E-state index >= 15 is 0 Å². The molecule has 2 aliphatic carbocycles. The maximum atomic E-state index is 14.7. The van der Waals surface area contributed by atoms with Crippen LogP contribution in [-0.4, -0.2) is 121 Å². The Hall–Kier alpha value is -4.41. The van der Waals surface area contributed by atoms with Gasteiger partial charge in [-0.2, -0.15) is 0 Å². The van der Waals surface area contributed by atoms with Crippen molar-refractivity contribution in [1.29, 1.82) is 0 Å². The number of thioether (sulfide) groups is 1. The zero-order chi connectivity index (χ0) is 47.5. The number of ether oxygens (including phenoxy) is 6. The molecular formula is C53H72N2O11S. The monoisotopic (exact) mass is 944 g/mol. The van der Waals surface area contributed by atoms with Gasteiger partial charge in [0.25, 0.3) is 0 Å². The van der Waals surface area contributed by atoms with Gasteiger partial charge in [0, 0.05) is 48.3 Å². The van der Waals surface area contributed by atoms with E-state index in [2.05, 4.69) is 30.9 Å². The summed E-state index contributed by atoms with van der Waals surface area (Å²) in [5.74, 6) is -0.0311. The Labute approximate surface area is 401 Å². The van der Waals surface area contributed by atoms with Gasteiger partial charge in [-0.05, 0) is 99.8 Å². The molecule has 3 N–H and O–H groups in total. The molecule has 0 aromatic heterocycles. The summed E-state index contributed by atoms with van der Waals surface area (Å²) in [7, 11) is 0. The van der Waals surface area contributed by atoms with E-state index in [1.54, 1.807) is 22.7 Å². The highest BCUT2D eigenvalue weighted by molar-refractivity contribution is 7.99. The van der Waals surface area contributed by atoms with Crippen molar-refractivity contribution >= 4 is 23.6 Å². The lowest BCUT2D eigenvalue weighted by Gasteiger charge is -2.60. The van der Waals surface area contributed by atoms with E-state index in [0.717, 1.165) is 53.9 Å². The summed E-state index contributed by atoms with van der Waals surface area (Å²) in [5, 5.41) is 34.5. The van der Waals surface area contributed by atoms with Crippen LogP contribution in [0, 0.1) is 17.8 Å². The molecule has 0 bridgehead atoms. The van der Waals surface area contributed by atoms with Gasteiger partial charge in [-0.3, -0.25) is 4.90 Å². The van der Waals surface area contributed by atoms with Crippen molar-refractivity contribution in [3.05, 3.63) is 114 Å². The quantitative estimate of drug-likeness (QED) is 0.0275. The Morgan fingerprint density at radius 1 is 0.896 bits per heavy atom. The average Bonchev–Trinajstić information content (AvgIpc) is 3.33. The van der Waals surface area contributed by atoms with Crippen LogP contribution in [0.15, 0.2) is 113 Å². The first-order valence-electron chi connectivity index (χ1n) is 23.9. The molecule has 67 heavy (non-hydrogen) atoms. The predicted octanol–water partition coefficient (Wildman–Crippen LogP) is 8.95. The molecule has 1 aliphatic heterocycles. The molecule has 3 aromatic rings. The maximum Gasteiger partial charge on any atom is 0.410 e. The number of aliphatic hydroxyl groups is 3. The number of carbonyl (C=O) groups is 1. The second-order valence-electron chi connectivity index (χ2n) is 18.2. The molecule has 0 spiro atoms. The first-order valence-corrected chi connectivity index (χ1v) is 24.9. The van der Waals surface area contributed by atoms with Crippen LogP contribution in [0.3, 0.4) is 0 Å². The van der Waals surface area contributed by atoms with Crippen LogP contribution < -0.4 is 9.47 Å². The highest BCUT2D eigenvalue weighted by Crippen LogP contribution is 2.62. The van der Waals surface area contributed by atoms with E-state index in [-0.39, 0.29) is 83.6 Å². The van der Waals surface area contributed by atoms with Crippen LogP contribution in [-0.2, 0) is 30.4 Å². The highest BCUT2D eigenvalue weighted by Gasteiger charge is 2.65. The normalized spacial score (nSPS) is 22.5. The molecule has 0 radical (unpaired) electrons. The maximum absolute atomic E-state index is 14.7. The van der Waals surface area contributed by atoms with Crippen LogP contribution in [0.25, 0.3) is 0 Å². The van der Waals surface area contributed by atoms with Gasteiger partial charge in [-0.15, -0.1) is 18.3 Å². The lowest BCUT2D eigenvalue weighted by molar-refractivity contribution is -0.256. The lowest BCUT2D eigenvalue weighted by Crippen LogP contribution is -2.70. The van der Waals surface area contributed by atoms with Gasteiger partial charge in [-0.25, -0.2) is 4.79 Å². The SMILES string of the molecule is C=CCOC12Oc3ccc(OCCSc4ccccc4)cc3C3C(CCCCO)C(CCCCO)C=C(C(=NOC(C)(C)C)CC1N(CCOCCO)C(=O)OCCOCc1ccccc1)C32. The van der Waals surface area contributed by atoms with Crippen molar-refractivity contribution in [3.8, 4) is 11.5 Å². The minimum atomic E-state index is -1.49. The van der Waals surface area contributed by atoms with Gasteiger partial charge in [0.1, 0.15) is 29.7 Å². The number of nitrogens with zero attached hydrogens (tertiary/aromatic N) is 2. The van der Waals surface area contributed by atoms with Gasteiger partial charge in [0.2, 0.25) is 5.79 Å². The van der Waals surface area contributed by atoms with E-state index in [1.807, 2.05) is 81.4 Å². The molecule has 13 nitrogen and oxygen atoms in total. The zero-order valence-corrected chi connectivity index (χ0v) is 40.4. The number of aliphatic hydroxyl groups excluding tert-OH is 3. The predicted molar refractivity (Wildman–Crippen MR) is 261 cm³/mol. The molecule has 366 valence electrons.